The number of halogens is 2. The van der Waals surface area contributed by atoms with Crippen molar-refractivity contribution in [3.05, 3.63) is 24.1 Å². The van der Waals surface area contributed by atoms with Gasteiger partial charge in [-0.3, -0.25) is 4.99 Å². The second-order valence-corrected chi connectivity index (χ2v) is 7.67. The first kappa shape index (κ1) is 25.2. The summed E-state index contributed by atoms with van der Waals surface area (Å²) in [6, 6.07) is 3.18. The smallest absolute Gasteiger partial charge is 0.407 e. The Morgan fingerprint density at radius 1 is 1.38 bits per heavy atom. The van der Waals surface area contributed by atoms with Gasteiger partial charge < -0.3 is 25.6 Å². The zero-order valence-corrected chi connectivity index (χ0v) is 19.8. The summed E-state index contributed by atoms with van der Waals surface area (Å²) in [7, 11) is 1.71. The van der Waals surface area contributed by atoms with E-state index in [1.54, 1.807) is 19.3 Å². The van der Waals surface area contributed by atoms with Crippen LogP contribution in [0.25, 0.3) is 0 Å². The molecule has 8 nitrogen and oxygen atoms in total. The third kappa shape index (κ3) is 9.01. The van der Waals surface area contributed by atoms with Crippen LogP contribution in [0.4, 0.5) is 15.0 Å². The lowest BCUT2D eigenvalue weighted by Gasteiger charge is -2.20. The molecular formula is C19H32FIN6O2. The molecule has 3 N–H and O–H groups in total. The van der Waals surface area contributed by atoms with Crippen molar-refractivity contribution in [1.82, 2.24) is 20.9 Å². The number of hydrogen-bond donors (Lipinski definition) is 3. The van der Waals surface area contributed by atoms with Crippen molar-refractivity contribution >= 4 is 41.8 Å². The number of nitrogens with one attached hydrogen (secondary N) is 3. The van der Waals surface area contributed by atoms with Crippen molar-refractivity contribution < 1.29 is 13.9 Å². The minimum absolute atomic E-state index is 0. The summed E-state index contributed by atoms with van der Waals surface area (Å²) in [4.78, 5) is 21.9. The Kier molecular flexibility index (Phi) is 10.4. The van der Waals surface area contributed by atoms with Gasteiger partial charge in [-0.15, -0.1) is 24.0 Å². The largest absolute Gasteiger partial charge is 0.444 e. The Balaban J connectivity index is 0.00000420. The van der Waals surface area contributed by atoms with Crippen LogP contribution in [0, 0.1) is 5.82 Å². The molecule has 2 heterocycles. The molecule has 1 saturated heterocycles. The average Bonchev–Trinajstić information content (AvgIpc) is 3.07. The Morgan fingerprint density at radius 3 is 2.76 bits per heavy atom. The van der Waals surface area contributed by atoms with Crippen LogP contribution in [-0.4, -0.2) is 61.9 Å². The van der Waals surface area contributed by atoms with Crippen molar-refractivity contribution in [3.8, 4) is 0 Å². The van der Waals surface area contributed by atoms with E-state index in [0.29, 0.717) is 31.4 Å². The van der Waals surface area contributed by atoms with Gasteiger partial charge in [-0.2, -0.15) is 0 Å². The highest BCUT2D eigenvalue weighted by atomic mass is 127. The van der Waals surface area contributed by atoms with E-state index in [-0.39, 0.29) is 35.8 Å². The molecular weight excluding hydrogens is 490 g/mol. The van der Waals surface area contributed by atoms with Gasteiger partial charge in [0.25, 0.3) is 0 Å². The number of rotatable bonds is 6. The number of aromatic nitrogens is 1. The van der Waals surface area contributed by atoms with Crippen molar-refractivity contribution in [2.45, 2.75) is 45.3 Å². The van der Waals surface area contributed by atoms with Crippen LogP contribution in [-0.2, 0) is 4.74 Å². The van der Waals surface area contributed by atoms with Gasteiger partial charge in [-0.25, -0.2) is 14.2 Å². The van der Waals surface area contributed by atoms with Crippen molar-refractivity contribution in [3.63, 3.8) is 0 Å². The number of ether oxygens (including phenoxy) is 1. The molecule has 1 amide bonds. The van der Waals surface area contributed by atoms with E-state index in [1.807, 2.05) is 25.7 Å². The number of carbonyl (C=O) groups excluding carboxylic acids is 1. The number of alkyl carbamates (subject to hydrolysis) is 1. The molecule has 164 valence electrons. The summed E-state index contributed by atoms with van der Waals surface area (Å²) in [5.74, 6) is 0.775. The number of guanidine groups is 1. The highest BCUT2D eigenvalue weighted by Gasteiger charge is 2.25. The predicted molar refractivity (Wildman–Crippen MR) is 124 cm³/mol. The number of aliphatic imine (C=N–C) groups is 1. The minimum Gasteiger partial charge on any atom is -0.444 e. The zero-order chi connectivity index (χ0) is 20.6. The van der Waals surface area contributed by atoms with E-state index in [4.69, 9.17) is 4.74 Å². The summed E-state index contributed by atoms with van der Waals surface area (Å²) in [5.41, 5.74) is -0.498. The van der Waals surface area contributed by atoms with Gasteiger partial charge in [0.1, 0.15) is 5.60 Å². The Morgan fingerprint density at radius 2 is 2.10 bits per heavy atom. The average molecular weight is 522 g/mol. The first-order valence-electron chi connectivity index (χ1n) is 9.58. The van der Waals surface area contributed by atoms with Crippen LogP contribution >= 0.6 is 24.0 Å². The van der Waals surface area contributed by atoms with Gasteiger partial charge in [0.05, 0.1) is 0 Å². The number of carbonyl (C=O) groups is 1. The van der Waals surface area contributed by atoms with Crippen LogP contribution in [0.3, 0.4) is 0 Å². The molecule has 1 aliphatic heterocycles. The van der Waals surface area contributed by atoms with Crippen LogP contribution < -0.4 is 20.9 Å². The van der Waals surface area contributed by atoms with Gasteiger partial charge in [0, 0.05) is 45.5 Å². The van der Waals surface area contributed by atoms with Crippen LogP contribution in [0.5, 0.6) is 0 Å². The summed E-state index contributed by atoms with van der Waals surface area (Å²) in [5, 5.41) is 9.30. The molecule has 10 heteroatoms. The third-order valence-corrected chi connectivity index (χ3v) is 4.11. The second-order valence-electron chi connectivity index (χ2n) is 7.67. The summed E-state index contributed by atoms with van der Waals surface area (Å²) in [6.45, 7) is 8.05. The highest BCUT2D eigenvalue weighted by Crippen LogP contribution is 2.20. The van der Waals surface area contributed by atoms with E-state index in [2.05, 4.69) is 25.9 Å². The van der Waals surface area contributed by atoms with E-state index in [1.165, 1.54) is 6.07 Å². The third-order valence-electron chi connectivity index (χ3n) is 4.11. The lowest BCUT2D eigenvalue weighted by atomic mass is 10.2. The molecule has 0 aliphatic carbocycles. The number of amides is 1. The molecule has 1 aromatic rings. The van der Waals surface area contributed by atoms with Crippen LogP contribution in [0.1, 0.15) is 33.6 Å². The first-order chi connectivity index (χ1) is 13.3. The van der Waals surface area contributed by atoms with Crippen molar-refractivity contribution in [2.75, 3.05) is 38.1 Å². The molecule has 0 aromatic carbocycles. The van der Waals surface area contributed by atoms with Crippen molar-refractivity contribution in [1.29, 1.82) is 0 Å². The zero-order valence-electron chi connectivity index (χ0n) is 17.5. The standard InChI is InChI=1S/C19H31FN6O2.HI/c1-19(2,3)28-18(27)24-11-6-10-23-17(21-4)25-14-8-12-26(13-14)16-15(20)7-5-9-22-16;/h5,7,9,14H,6,8,10-13H2,1-4H3,(H,24,27)(H2,21,23,25);1H. The number of hydrogen-bond acceptors (Lipinski definition) is 5. The number of nitrogens with zero attached hydrogens (tertiary/aromatic N) is 3. The van der Waals surface area contributed by atoms with E-state index in [9.17, 15) is 9.18 Å². The number of pyridine rings is 1. The van der Waals surface area contributed by atoms with E-state index >= 15 is 0 Å². The maximum Gasteiger partial charge on any atom is 0.407 e. The van der Waals surface area contributed by atoms with Crippen LogP contribution in [0.15, 0.2) is 23.3 Å². The van der Waals surface area contributed by atoms with Crippen LogP contribution in [0.2, 0.25) is 0 Å². The normalized spacial score (nSPS) is 16.8. The fourth-order valence-corrected chi connectivity index (χ4v) is 2.87. The lowest BCUT2D eigenvalue weighted by molar-refractivity contribution is 0.0527. The van der Waals surface area contributed by atoms with E-state index in [0.717, 1.165) is 19.4 Å². The summed E-state index contributed by atoms with van der Waals surface area (Å²) in [6.07, 6.45) is 2.79. The molecule has 29 heavy (non-hydrogen) atoms. The fourth-order valence-electron chi connectivity index (χ4n) is 2.87. The molecule has 1 atom stereocenters. The van der Waals surface area contributed by atoms with Gasteiger partial charge in [0.2, 0.25) is 0 Å². The molecule has 2 rings (SSSR count). The summed E-state index contributed by atoms with van der Waals surface area (Å²) < 4.78 is 19.1. The second kappa shape index (κ2) is 12.0. The minimum atomic E-state index is -0.498. The number of anilines is 1. The SMILES string of the molecule is CN=C(NCCCNC(=O)OC(C)(C)C)NC1CCN(c2ncccc2F)C1.I. The van der Waals surface area contributed by atoms with Gasteiger partial charge >= 0.3 is 6.09 Å². The Bertz CT molecular complexity index is 683. The summed E-state index contributed by atoms with van der Waals surface area (Å²) >= 11 is 0. The van der Waals surface area contributed by atoms with Gasteiger partial charge in [-0.05, 0) is 45.7 Å². The molecule has 1 fully saturated rings. The lowest BCUT2D eigenvalue weighted by Crippen LogP contribution is -2.45. The first-order valence-corrected chi connectivity index (χ1v) is 9.58. The Hall–Kier alpha value is -1.85. The monoisotopic (exact) mass is 522 g/mol. The topological polar surface area (TPSA) is 90.9 Å². The Labute approximate surface area is 189 Å². The molecule has 0 radical (unpaired) electrons. The fraction of sp³-hybridized carbons (Fsp3) is 0.632. The molecule has 1 aromatic heterocycles. The molecule has 0 spiro atoms. The highest BCUT2D eigenvalue weighted by molar-refractivity contribution is 14.0. The molecule has 0 saturated carbocycles. The molecule has 1 unspecified atom stereocenters. The molecule has 0 bridgehead atoms. The maximum absolute atomic E-state index is 13.9. The van der Waals surface area contributed by atoms with Crippen molar-refractivity contribution in [2.24, 2.45) is 4.99 Å². The van der Waals surface area contributed by atoms with E-state index < -0.39 is 11.7 Å². The van der Waals surface area contributed by atoms with Gasteiger partial charge in [0.15, 0.2) is 17.6 Å². The van der Waals surface area contributed by atoms with Gasteiger partial charge in [-0.1, -0.05) is 0 Å². The maximum atomic E-state index is 13.9. The molecule has 1 aliphatic rings. The predicted octanol–water partition coefficient (Wildman–Crippen LogP) is 2.50. The quantitative estimate of drug-likeness (QED) is 0.230.